The molecule has 7 heteroatoms. The molecule has 6 nitrogen and oxygen atoms in total. The van der Waals surface area contributed by atoms with Gasteiger partial charge in [0.05, 0.1) is 12.2 Å². The summed E-state index contributed by atoms with van der Waals surface area (Å²) in [6, 6.07) is 3.16. The Morgan fingerprint density at radius 2 is 2.00 bits per heavy atom. The molecule has 2 saturated heterocycles. The summed E-state index contributed by atoms with van der Waals surface area (Å²) >= 11 is 0. The maximum absolute atomic E-state index is 12.8. The van der Waals surface area contributed by atoms with Gasteiger partial charge in [0, 0.05) is 26.1 Å². The minimum atomic E-state index is -3.64. The first-order chi connectivity index (χ1) is 9.73. The Hall–Kier alpha value is -0.890. The van der Waals surface area contributed by atoms with Gasteiger partial charge in [-0.15, -0.1) is 0 Å². The van der Waals surface area contributed by atoms with E-state index in [-0.39, 0.29) is 5.09 Å². The van der Waals surface area contributed by atoms with E-state index < -0.39 is 21.2 Å². The topological polar surface area (TPSA) is 69.0 Å². The monoisotopic (exact) mass is 315 g/mol. The van der Waals surface area contributed by atoms with Crippen LogP contribution in [0.5, 0.6) is 0 Å². The standard InChI is InChI=1S/C14H21NO5S/c1-11-4-5-12(19-11)21(16,17)15-8-13(2,3)20-14(9-15)6-7-18-10-14/h4-5H,6-10H2,1-3H3. The van der Waals surface area contributed by atoms with Gasteiger partial charge in [-0.25, -0.2) is 8.42 Å². The van der Waals surface area contributed by atoms with Crippen LogP contribution in [0.15, 0.2) is 21.6 Å². The predicted molar refractivity (Wildman–Crippen MR) is 75.5 cm³/mol. The maximum Gasteiger partial charge on any atom is 0.276 e. The van der Waals surface area contributed by atoms with Crippen molar-refractivity contribution in [1.29, 1.82) is 0 Å². The van der Waals surface area contributed by atoms with Gasteiger partial charge in [0.1, 0.15) is 11.4 Å². The molecule has 1 aromatic heterocycles. The third-order valence-electron chi connectivity index (χ3n) is 3.89. The first kappa shape index (κ1) is 15.0. The van der Waals surface area contributed by atoms with E-state index >= 15 is 0 Å². The number of sulfonamides is 1. The Labute approximate surface area is 125 Å². The number of aryl methyl sites for hydroxylation is 1. The number of hydrogen-bond donors (Lipinski definition) is 0. The Morgan fingerprint density at radius 1 is 1.24 bits per heavy atom. The first-order valence-corrected chi connectivity index (χ1v) is 8.51. The zero-order valence-corrected chi connectivity index (χ0v) is 13.4. The summed E-state index contributed by atoms with van der Waals surface area (Å²) in [5.74, 6) is 0.583. The molecule has 1 aromatic rings. The minimum absolute atomic E-state index is 0.00762. The van der Waals surface area contributed by atoms with E-state index in [2.05, 4.69) is 0 Å². The van der Waals surface area contributed by atoms with Gasteiger partial charge in [-0.3, -0.25) is 0 Å². The van der Waals surface area contributed by atoms with Crippen LogP contribution in [0.2, 0.25) is 0 Å². The molecular weight excluding hydrogens is 294 g/mol. The van der Waals surface area contributed by atoms with Crippen molar-refractivity contribution in [3.05, 3.63) is 17.9 Å². The largest absolute Gasteiger partial charge is 0.449 e. The van der Waals surface area contributed by atoms with Gasteiger partial charge in [-0.1, -0.05) is 0 Å². The lowest BCUT2D eigenvalue weighted by molar-refractivity contribution is -0.180. The lowest BCUT2D eigenvalue weighted by Gasteiger charge is -2.46. The van der Waals surface area contributed by atoms with E-state index in [4.69, 9.17) is 13.9 Å². The summed E-state index contributed by atoms with van der Waals surface area (Å²) in [5.41, 5.74) is -1.10. The molecule has 0 aromatic carbocycles. The van der Waals surface area contributed by atoms with Crippen LogP contribution in [0.1, 0.15) is 26.0 Å². The van der Waals surface area contributed by atoms with Crippen LogP contribution in [0.25, 0.3) is 0 Å². The summed E-state index contributed by atoms with van der Waals surface area (Å²) in [5, 5.41) is -0.00762. The van der Waals surface area contributed by atoms with Crippen molar-refractivity contribution in [2.45, 2.75) is 43.5 Å². The van der Waals surface area contributed by atoms with Crippen molar-refractivity contribution >= 4 is 10.0 Å². The molecule has 0 radical (unpaired) electrons. The van der Waals surface area contributed by atoms with Crippen LogP contribution < -0.4 is 0 Å². The second-order valence-corrected chi connectivity index (χ2v) is 8.35. The zero-order chi connectivity index (χ0) is 15.3. The Morgan fingerprint density at radius 3 is 2.57 bits per heavy atom. The first-order valence-electron chi connectivity index (χ1n) is 7.07. The fourth-order valence-corrected chi connectivity index (χ4v) is 4.71. The summed E-state index contributed by atoms with van der Waals surface area (Å²) in [6.07, 6.45) is 0.708. The summed E-state index contributed by atoms with van der Waals surface area (Å²) in [6.45, 7) is 7.18. The number of ether oxygens (including phenoxy) is 2. The molecule has 118 valence electrons. The quantitative estimate of drug-likeness (QED) is 0.828. The highest BCUT2D eigenvalue weighted by atomic mass is 32.2. The number of nitrogens with zero attached hydrogens (tertiary/aromatic N) is 1. The summed E-state index contributed by atoms with van der Waals surface area (Å²) in [7, 11) is -3.64. The van der Waals surface area contributed by atoms with Crippen molar-refractivity contribution in [3.63, 3.8) is 0 Å². The van der Waals surface area contributed by atoms with Crippen LogP contribution in [0, 0.1) is 6.92 Å². The molecule has 1 atom stereocenters. The number of morpholine rings is 1. The van der Waals surface area contributed by atoms with Gasteiger partial charge in [0.2, 0.25) is 5.09 Å². The molecule has 2 aliphatic heterocycles. The van der Waals surface area contributed by atoms with Crippen LogP contribution in [-0.2, 0) is 19.5 Å². The second kappa shape index (κ2) is 4.81. The molecule has 0 amide bonds. The molecule has 0 saturated carbocycles. The van der Waals surface area contributed by atoms with E-state index in [0.717, 1.165) is 0 Å². The normalized spacial score (nSPS) is 30.0. The van der Waals surface area contributed by atoms with Gasteiger partial charge < -0.3 is 13.9 Å². The van der Waals surface area contributed by atoms with Gasteiger partial charge in [-0.05, 0) is 32.9 Å². The van der Waals surface area contributed by atoms with Crippen molar-refractivity contribution in [2.24, 2.45) is 0 Å². The number of furan rings is 1. The van der Waals surface area contributed by atoms with Crippen molar-refractivity contribution in [1.82, 2.24) is 4.31 Å². The molecule has 3 heterocycles. The lowest BCUT2D eigenvalue weighted by atomic mass is 9.97. The van der Waals surface area contributed by atoms with Crippen molar-refractivity contribution < 1.29 is 22.3 Å². The van der Waals surface area contributed by atoms with Crippen LogP contribution in [0.3, 0.4) is 0 Å². The number of hydrogen-bond acceptors (Lipinski definition) is 5. The molecule has 3 rings (SSSR count). The molecule has 21 heavy (non-hydrogen) atoms. The molecule has 2 fully saturated rings. The van der Waals surface area contributed by atoms with E-state index in [9.17, 15) is 8.42 Å². The summed E-state index contributed by atoms with van der Waals surface area (Å²) in [4.78, 5) is 0. The average molecular weight is 315 g/mol. The molecule has 0 aliphatic carbocycles. The maximum atomic E-state index is 12.8. The van der Waals surface area contributed by atoms with Gasteiger partial charge in [0.15, 0.2) is 0 Å². The highest BCUT2D eigenvalue weighted by Crippen LogP contribution is 2.37. The molecular formula is C14H21NO5S. The Bertz CT molecular complexity index is 628. The molecule has 0 bridgehead atoms. The van der Waals surface area contributed by atoms with Gasteiger partial charge in [0.25, 0.3) is 10.0 Å². The molecule has 1 spiro atoms. The minimum Gasteiger partial charge on any atom is -0.449 e. The number of rotatable bonds is 2. The summed E-state index contributed by atoms with van der Waals surface area (Å²) < 4.78 is 43.9. The third kappa shape index (κ3) is 2.75. The third-order valence-corrected chi connectivity index (χ3v) is 5.56. The van der Waals surface area contributed by atoms with E-state index in [0.29, 0.717) is 38.5 Å². The van der Waals surface area contributed by atoms with E-state index in [1.807, 2.05) is 13.8 Å². The highest BCUT2D eigenvalue weighted by molar-refractivity contribution is 7.89. The van der Waals surface area contributed by atoms with Crippen LogP contribution in [-0.4, -0.2) is 50.2 Å². The zero-order valence-electron chi connectivity index (χ0n) is 12.6. The average Bonchev–Trinajstić information content (AvgIpc) is 2.97. The Balaban J connectivity index is 1.93. The van der Waals surface area contributed by atoms with E-state index in [1.165, 1.54) is 10.4 Å². The van der Waals surface area contributed by atoms with Crippen molar-refractivity contribution in [3.8, 4) is 0 Å². The lowest BCUT2D eigenvalue weighted by Crippen LogP contribution is -2.61. The fourth-order valence-electron chi connectivity index (χ4n) is 3.09. The van der Waals surface area contributed by atoms with Gasteiger partial charge in [-0.2, -0.15) is 4.31 Å². The SMILES string of the molecule is Cc1ccc(S(=O)(=O)N2CC(C)(C)OC3(CCOC3)C2)o1. The second-order valence-electron chi connectivity index (χ2n) is 6.49. The van der Waals surface area contributed by atoms with Crippen LogP contribution in [0.4, 0.5) is 0 Å². The highest BCUT2D eigenvalue weighted by Gasteiger charge is 2.50. The fraction of sp³-hybridized carbons (Fsp3) is 0.714. The predicted octanol–water partition coefficient (Wildman–Crippen LogP) is 1.55. The van der Waals surface area contributed by atoms with E-state index in [1.54, 1.807) is 13.0 Å². The van der Waals surface area contributed by atoms with Crippen molar-refractivity contribution in [2.75, 3.05) is 26.3 Å². The van der Waals surface area contributed by atoms with Gasteiger partial charge >= 0.3 is 0 Å². The van der Waals surface area contributed by atoms with Crippen LogP contribution >= 0.6 is 0 Å². The molecule has 2 aliphatic rings. The Kier molecular flexibility index (Phi) is 3.44. The smallest absolute Gasteiger partial charge is 0.276 e. The molecule has 1 unspecified atom stereocenters. The molecule has 0 N–H and O–H groups in total.